The summed E-state index contributed by atoms with van der Waals surface area (Å²) in [5.41, 5.74) is 7.04. The van der Waals surface area contributed by atoms with Crippen molar-refractivity contribution in [2.24, 2.45) is 11.7 Å². The third-order valence-electron chi connectivity index (χ3n) is 2.93. The molecule has 0 aromatic carbocycles. The van der Waals surface area contributed by atoms with E-state index in [1.807, 2.05) is 6.26 Å². The number of hydrogen-bond donors (Lipinski definition) is 1. The molecule has 2 atom stereocenters. The van der Waals surface area contributed by atoms with Gasteiger partial charge in [-0.1, -0.05) is 6.42 Å². The smallest absolute Gasteiger partial charge is 0.0937 e. The molecule has 0 saturated heterocycles. The van der Waals surface area contributed by atoms with E-state index in [9.17, 15) is 0 Å². The van der Waals surface area contributed by atoms with E-state index >= 15 is 0 Å². The predicted molar refractivity (Wildman–Crippen MR) is 47.8 cm³/mol. The van der Waals surface area contributed by atoms with Gasteiger partial charge >= 0.3 is 0 Å². The summed E-state index contributed by atoms with van der Waals surface area (Å²) in [5, 5.41) is 0. The molecule has 2 rings (SSSR count). The summed E-state index contributed by atoms with van der Waals surface area (Å²) in [5.74, 6) is 1.34. The molecule has 2 unspecified atom stereocenters. The van der Waals surface area contributed by atoms with Gasteiger partial charge in [0.15, 0.2) is 0 Å². The fourth-order valence-electron chi connectivity index (χ4n) is 2.24. The van der Waals surface area contributed by atoms with Crippen LogP contribution in [-0.4, -0.2) is 6.54 Å². The molecule has 0 amide bonds. The predicted octanol–water partition coefficient (Wildman–Crippen LogP) is 2.12. The van der Waals surface area contributed by atoms with Crippen LogP contribution < -0.4 is 5.73 Å². The second-order valence-electron chi connectivity index (χ2n) is 3.59. The molecule has 1 aromatic rings. The van der Waals surface area contributed by atoms with Crippen molar-refractivity contribution >= 4 is 0 Å². The summed E-state index contributed by atoms with van der Waals surface area (Å²) < 4.78 is 5.08. The fourth-order valence-corrected chi connectivity index (χ4v) is 2.24. The second-order valence-corrected chi connectivity index (χ2v) is 3.59. The Morgan fingerprint density at radius 3 is 3.08 bits per heavy atom. The van der Waals surface area contributed by atoms with E-state index in [4.69, 9.17) is 10.2 Å². The summed E-state index contributed by atoms with van der Waals surface area (Å²) >= 11 is 0. The maximum atomic E-state index is 5.70. The molecule has 12 heavy (non-hydrogen) atoms. The van der Waals surface area contributed by atoms with Gasteiger partial charge in [-0.15, -0.1) is 0 Å². The van der Waals surface area contributed by atoms with Crippen molar-refractivity contribution in [1.29, 1.82) is 0 Å². The van der Waals surface area contributed by atoms with Crippen LogP contribution in [0.4, 0.5) is 0 Å². The van der Waals surface area contributed by atoms with Crippen molar-refractivity contribution in [1.82, 2.24) is 0 Å². The first-order valence-electron chi connectivity index (χ1n) is 4.64. The lowest BCUT2D eigenvalue weighted by molar-refractivity contribution is 0.487. The highest BCUT2D eigenvalue weighted by Crippen LogP contribution is 2.38. The van der Waals surface area contributed by atoms with Gasteiger partial charge in [-0.25, -0.2) is 0 Å². The van der Waals surface area contributed by atoms with Crippen LogP contribution in [-0.2, 0) is 0 Å². The minimum Gasteiger partial charge on any atom is -0.472 e. The lowest BCUT2D eigenvalue weighted by Crippen LogP contribution is -2.16. The number of nitrogens with two attached hydrogens (primary N) is 1. The van der Waals surface area contributed by atoms with E-state index in [2.05, 4.69) is 6.07 Å². The highest BCUT2D eigenvalue weighted by Gasteiger charge is 2.27. The Morgan fingerprint density at radius 1 is 1.50 bits per heavy atom. The summed E-state index contributed by atoms with van der Waals surface area (Å²) in [7, 11) is 0. The van der Waals surface area contributed by atoms with Crippen LogP contribution in [0.3, 0.4) is 0 Å². The van der Waals surface area contributed by atoms with E-state index in [0.29, 0.717) is 11.8 Å². The first kappa shape index (κ1) is 7.87. The van der Waals surface area contributed by atoms with Crippen LogP contribution in [0.15, 0.2) is 23.0 Å². The first-order chi connectivity index (χ1) is 5.92. The molecule has 1 aliphatic carbocycles. The Hall–Kier alpha value is -0.760. The molecular weight excluding hydrogens is 150 g/mol. The average Bonchev–Trinajstić information content (AvgIpc) is 2.74. The summed E-state index contributed by atoms with van der Waals surface area (Å²) in [6, 6.07) is 2.07. The molecule has 2 N–H and O–H groups in total. The van der Waals surface area contributed by atoms with Crippen molar-refractivity contribution in [2.45, 2.75) is 25.2 Å². The van der Waals surface area contributed by atoms with Crippen LogP contribution >= 0.6 is 0 Å². The maximum absolute atomic E-state index is 5.70. The Labute approximate surface area is 72.7 Å². The molecule has 2 nitrogen and oxygen atoms in total. The molecule has 1 heterocycles. The van der Waals surface area contributed by atoms with Crippen molar-refractivity contribution in [3.05, 3.63) is 24.2 Å². The van der Waals surface area contributed by atoms with Crippen molar-refractivity contribution < 1.29 is 4.42 Å². The molecule has 0 aliphatic heterocycles. The van der Waals surface area contributed by atoms with Crippen LogP contribution in [0.5, 0.6) is 0 Å². The highest BCUT2D eigenvalue weighted by atomic mass is 16.3. The molecule has 1 saturated carbocycles. The quantitative estimate of drug-likeness (QED) is 0.729. The largest absolute Gasteiger partial charge is 0.472 e. The van der Waals surface area contributed by atoms with Gasteiger partial charge in [-0.2, -0.15) is 0 Å². The van der Waals surface area contributed by atoms with Crippen LogP contribution in [0.1, 0.15) is 30.7 Å². The minimum absolute atomic E-state index is 0.661. The first-order valence-corrected chi connectivity index (χ1v) is 4.64. The molecule has 1 fully saturated rings. The number of hydrogen-bond acceptors (Lipinski definition) is 2. The third kappa shape index (κ3) is 1.27. The lowest BCUT2D eigenvalue weighted by atomic mass is 9.91. The van der Waals surface area contributed by atoms with E-state index in [0.717, 1.165) is 6.54 Å². The average molecular weight is 165 g/mol. The van der Waals surface area contributed by atoms with Crippen LogP contribution in [0.25, 0.3) is 0 Å². The van der Waals surface area contributed by atoms with Gasteiger partial charge in [-0.05, 0) is 42.9 Å². The van der Waals surface area contributed by atoms with E-state index in [1.165, 1.54) is 24.8 Å². The molecule has 0 radical (unpaired) electrons. The zero-order valence-electron chi connectivity index (χ0n) is 7.20. The fraction of sp³-hybridized carbons (Fsp3) is 0.600. The van der Waals surface area contributed by atoms with E-state index in [-0.39, 0.29) is 0 Å². The molecule has 66 valence electrons. The standard InChI is InChI=1S/C10H15NO/c11-6-8-2-1-3-10(8)9-4-5-12-7-9/h4-5,7-8,10H,1-3,6,11H2. The van der Waals surface area contributed by atoms with E-state index < -0.39 is 0 Å². The third-order valence-corrected chi connectivity index (χ3v) is 2.93. The van der Waals surface area contributed by atoms with Gasteiger partial charge in [-0.3, -0.25) is 0 Å². The zero-order valence-corrected chi connectivity index (χ0v) is 7.20. The lowest BCUT2D eigenvalue weighted by Gasteiger charge is -2.15. The Kier molecular flexibility index (Phi) is 2.17. The normalized spacial score (nSPS) is 29.4. The summed E-state index contributed by atoms with van der Waals surface area (Å²) in [6.45, 7) is 0.815. The topological polar surface area (TPSA) is 39.2 Å². The molecular formula is C10H15NO. The number of furan rings is 1. The van der Waals surface area contributed by atoms with Crippen molar-refractivity contribution in [2.75, 3.05) is 6.54 Å². The Bertz CT molecular complexity index is 230. The van der Waals surface area contributed by atoms with Crippen LogP contribution in [0, 0.1) is 5.92 Å². The summed E-state index contributed by atoms with van der Waals surface area (Å²) in [4.78, 5) is 0. The Morgan fingerprint density at radius 2 is 2.42 bits per heavy atom. The summed E-state index contributed by atoms with van der Waals surface area (Å²) in [6.07, 6.45) is 7.49. The van der Waals surface area contributed by atoms with Crippen LogP contribution in [0.2, 0.25) is 0 Å². The second kappa shape index (κ2) is 3.31. The Balaban J connectivity index is 2.13. The minimum atomic E-state index is 0.661. The number of rotatable bonds is 2. The van der Waals surface area contributed by atoms with Gasteiger partial charge in [0.25, 0.3) is 0 Å². The molecule has 0 spiro atoms. The zero-order chi connectivity index (χ0) is 8.39. The SMILES string of the molecule is NCC1CCCC1c1ccoc1. The van der Waals surface area contributed by atoms with Gasteiger partial charge < -0.3 is 10.2 Å². The van der Waals surface area contributed by atoms with Crippen molar-refractivity contribution in [3.63, 3.8) is 0 Å². The molecule has 2 heteroatoms. The molecule has 1 aliphatic rings. The van der Waals surface area contributed by atoms with Gasteiger partial charge in [0, 0.05) is 0 Å². The van der Waals surface area contributed by atoms with E-state index in [1.54, 1.807) is 6.26 Å². The molecule has 1 aromatic heterocycles. The van der Waals surface area contributed by atoms with Crippen molar-refractivity contribution in [3.8, 4) is 0 Å². The maximum Gasteiger partial charge on any atom is 0.0937 e. The molecule has 0 bridgehead atoms. The van der Waals surface area contributed by atoms with Gasteiger partial charge in [0.2, 0.25) is 0 Å². The highest BCUT2D eigenvalue weighted by molar-refractivity contribution is 5.15. The monoisotopic (exact) mass is 165 g/mol. The van der Waals surface area contributed by atoms with Gasteiger partial charge in [0.05, 0.1) is 12.5 Å². The van der Waals surface area contributed by atoms with Gasteiger partial charge in [0.1, 0.15) is 0 Å².